The largest absolute Gasteiger partial charge is 0.478 e. The Hall–Kier alpha value is -2.40. The predicted molar refractivity (Wildman–Crippen MR) is 78.6 cm³/mol. The van der Waals surface area contributed by atoms with Crippen LogP contribution in [0.15, 0.2) is 48.2 Å². The van der Waals surface area contributed by atoms with Crippen molar-refractivity contribution in [3.8, 4) is 16.3 Å². The first-order valence-electron chi connectivity index (χ1n) is 6.07. The van der Waals surface area contributed by atoms with Gasteiger partial charge in [-0.3, -0.25) is 0 Å². The molecule has 0 saturated carbocycles. The third-order valence-corrected chi connectivity index (χ3v) is 4.11. The normalized spacial score (nSPS) is 10.7. The summed E-state index contributed by atoms with van der Waals surface area (Å²) in [7, 11) is 0. The van der Waals surface area contributed by atoms with E-state index in [1.165, 1.54) is 5.56 Å². The van der Waals surface area contributed by atoms with E-state index in [0.29, 0.717) is 0 Å². The Kier molecular flexibility index (Phi) is 3.12. The van der Waals surface area contributed by atoms with Crippen molar-refractivity contribution in [3.05, 3.63) is 59.4 Å². The van der Waals surface area contributed by atoms with Crippen LogP contribution in [0.1, 0.15) is 15.9 Å². The van der Waals surface area contributed by atoms with Crippen molar-refractivity contribution < 1.29 is 9.90 Å². The molecule has 4 nitrogen and oxygen atoms in total. The predicted octanol–water partition coefficient (Wildman–Crippen LogP) is 3.61. The number of aromatic carboxylic acids is 1. The fourth-order valence-electron chi connectivity index (χ4n) is 2.02. The number of benzene rings is 1. The van der Waals surface area contributed by atoms with Crippen LogP contribution in [-0.4, -0.2) is 20.6 Å². The molecule has 0 bridgehead atoms. The van der Waals surface area contributed by atoms with Crippen LogP contribution in [0, 0.1) is 6.92 Å². The van der Waals surface area contributed by atoms with Crippen LogP contribution < -0.4 is 0 Å². The van der Waals surface area contributed by atoms with E-state index < -0.39 is 5.97 Å². The molecular formula is C15H12N2O2S. The highest BCUT2D eigenvalue weighted by atomic mass is 32.1. The van der Waals surface area contributed by atoms with Gasteiger partial charge in [0.1, 0.15) is 0 Å². The monoisotopic (exact) mass is 284 g/mol. The van der Waals surface area contributed by atoms with Crippen molar-refractivity contribution in [1.82, 2.24) is 9.55 Å². The number of carbonyl (C=O) groups is 1. The molecule has 0 amide bonds. The van der Waals surface area contributed by atoms with Gasteiger partial charge in [-0.25, -0.2) is 9.78 Å². The van der Waals surface area contributed by atoms with Gasteiger partial charge in [0.25, 0.3) is 0 Å². The van der Waals surface area contributed by atoms with Crippen LogP contribution in [0.25, 0.3) is 16.3 Å². The lowest BCUT2D eigenvalue weighted by atomic mass is 10.2. The highest BCUT2D eigenvalue weighted by Crippen LogP contribution is 2.28. The first-order valence-corrected chi connectivity index (χ1v) is 6.95. The van der Waals surface area contributed by atoms with Gasteiger partial charge in [-0.15, -0.1) is 11.3 Å². The van der Waals surface area contributed by atoms with Gasteiger partial charge < -0.3 is 9.67 Å². The van der Waals surface area contributed by atoms with Crippen molar-refractivity contribution >= 4 is 17.3 Å². The number of hydrogen-bond acceptors (Lipinski definition) is 3. The lowest BCUT2D eigenvalue weighted by Crippen LogP contribution is -1.98. The van der Waals surface area contributed by atoms with Crippen molar-refractivity contribution in [3.63, 3.8) is 0 Å². The van der Waals surface area contributed by atoms with Crippen LogP contribution in [0.4, 0.5) is 0 Å². The summed E-state index contributed by atoms with van der Waals surface area (Å²) in [6.07, 6.45) is 3.62. The molecule has 5 heteroatoms. The minimum absolute atomic E-state index is 0.269. The maximum atomic E-state index is 11.0. The van der Waals surface area contributed by atoms with Crippen LogP contribution in [0.5, 0.6) is 0 Å². The Morgan fingerprint density at radius 2 is 2.20 bits per heavy atom. The Balaban J connectivity index is 2.00. The van der Waals surface area contributed by atoms with E-state index in [9.17, 15) is 4.79 Å². The molecule has 0 fully saturated rings. The van der Waals surface area contributed by atoms with Gasteiger partial charge in [-0.05, 0) is 42.1 Å². The van der Waals surface area contributed by atoms with Gasteiger partial charge in [0.15, 0.2) is 0 Å². The van der Waals surface area contributed by atoms with Crippen molar-refractivity contribution in [2.24, 2.45) is 0 Å². The van der Waals surface area contributed by atoms with Gasteiger partial charge in [0.05, 0.1) is 22.5 Å². The summed E-state index contributed by atoms with van der Waals surface area (Å²) in [6, 6.07) is 8.86. The quantitative estimate of drug-likeness (QED) is 0.799. The number of hydrogen-bond donors (Lipinski definition) is 1. The van der Waals surface area contributed by atoms with Gasteiger partial charge in [-0.2, -0.15) is 0 Å². The SMILES string of the molecule is Cc1ccsc1-c1cn(-c2cccc(C(=O)O)c2)cn1. The Labute approximate surface area is 120 Å². The molecule has 1 N–H and O–H groups in total. The molecule has 0 unspecified atom stereocenters. The summed E-state index contributed by atoms with van der Waals surface area (Å²) < 4.78 is 1.83. The van der Waals surface area contributed by atoms with E-state index in [-0.39, 0.29) is 5.56 Å². The topological polar surface area (TPSA) is 55.1 Å². The van der Waals surface area contributed by atoms with Crippen LogP contribution in [0.2, 0.25) is 0 Å². The molecule has 2 aromatic heterocycles. The van der Waals surface area contributed by atoms with E-state index in [1.54, 1.807) is 35.9 Å². The summed E-state index contributed by atoms with van der Waals surface area (Å²) in [5.74, 6) is -0.929. The molecule has 0 saturated heterocycles. The summed E-state index contributed by atoms with van der Waals surface area (Å²) >= 11 is 1.65. The molecule has 0 aliphatic rings. The number of carboxylic acids is 1. The third kappa shape index (κ3) is 2.23. The van der Waals surface area contributed by atoms with Gasteiger partial charge >= 0.3 is 5.97 Å². The second-order valence-corrected chi connectivity index (χ2v) is 5.37. The van der Waals surface area contributed by atoms with Crippen LogP contribution in [0.3, 0.4) is 0 Å². The van der Waals surface area contributed by atoms with Crippen LogP contribution in [-0.2, 0) is 0 Å². The Morgan fingerprint density at radius 1 is 1.35 bits per heavy atom. The van der Waals surface area contributed by atoms with Crippen molar-refractivity contribution in [1.29, 1.82) is 0 Å². The van der Waals surface area contributed by atoms with Gasteiger partial charge in [0, 0.05) is 11.9 Å². The maximum absolute atomic E-state index is 11.0. The zero-order valence-corrected chi connectivity index (χ0v) is 11.6. The smallest absolute Gasteiger partial charge is 0.335 e. The lowest BCUT2D eigenvalue weighted by Gasteiger charge is -2.02. The number of nitrogens with zero attached hydrogens (tertiary/aromatic N) is 2. The number of thiophene rings is 1. The first-order chi connectivity index (χ1) is 9.65. The average Bonchev–Trinajstić information content (AvgIpc) is 3.07. The van der Waals surface area contributed by atoms with E-state index in [4.69, 9.17) is 5.11 Å². The average molecular weight is 284 g/mol. The fraction of sp³-hybridized carbons (Fsp3) is 0.0667. The minimum Gasteiger partial charge on any atom is -0.478 e. The lowest BCUT2D eigenvalue weighted by molar-refractivity contribution is 0.0697. The van der Waals surface area contributed by atoms with E-state index in [1.807, 2.05) is 22.2 Å². The maximum Gasteiger partial charge on any atom is 0.335 e. The van der Waals surface area contributed by atoms with Crippen LogP contribution >= 0.6 is 11.3 Å². The number of carboxylic acid groups (broad SMARTS) is 1. The Morgan fingerprint density at radius 3 is 2.90 bits per heavy atom. The Bertz CT molecular complexity index is 774. The summed E-state index contributed by atoms with van der Waals surface area (Å²) in [6.45, 7) is 2.05. The molecular weight excluding hydrogens is 272 g/mol. The molecule has 1 aromatic carbocycles. The number of rotatable bonds is 3. The molecule has 0 aliphatic carbocycles. The fourth-order valence-corrected chi connectivity index (χ4v) is 2.90. The molecule has 0 atom stereocenters. The number of aromatic nitrogens is 2. The first kappa shape index (κ1) is 12.6. The second kappa shape index (κ2) is 4.94. The highest BCUT2D eigenvalue weighted by molar-refractivity contribution is 7.13. The number of aryl methyl sites for hydroxylation is 1. The highest BCUT2D eigenvalue weighted by Gasteiger charge is 2.09. The van der Waals surface area contributed by atoms with E-state index >= 15 is 0 Å². The molecule has 100 valence electrons. The third-order valence-electron chi connectivity index (χ3n) is 3.07. The second-order valence-electron chi connectivity index (χ2n) is 4.45. The molecule has 3 aromatic rings. The molecule has 2 heterocycles. The summed E-state index contributed by atoms with van der Waals surface area (Å²) in [5, 5.41) is 11.1. The summed E-state index contributed by atoms with van der Waals surface area (Å²) in [5.41, 5.74) is 3.15. The zero-order chi connectivity index (χ0) is 14.1. The summed E-state index contributed by atoms with van der Waals surface area (Å²) in [4.78, 5) is 16.5. The molecule has 3 rings (SSSR count). The van der Waals surface area contributed by atoms with Crippen molar-refractivity contribution in [2.45, 2.75) is 6.92 Å². The van der Waals surface area contributed by atoms with E-state index in [0.717, 1.165) is 16.3 Å². The van der Waals surface area contributed by atoms with E-state index in [2.05, 4.69) is 18.0 Å². The van der Waals surface area contributed by atoms with Crippen molar-refractivity contribution in [2.75, 3.05) is 0 Å². The number of imidazole rings is 1. The van der Waals surface area contributed by atoms with Gasteiger partial charge in [-0.1, -0.05) is 6.07 Å². The molecule has 0 radical (unpaired) electrons. The molecule has 0 aliphatic heterocycles. The molecule has 20 heavy (non-hydrogen) atoms. The molecule has 0 spiro atoms. The van der Waals surface area contributed by atoms with Gasteiger partial charge in [0.2, 0.25) is 0 Å². The minimum atomic E-state index is -0.929. The standard InChI is InChI=1S/C15H12N2O2S/c1-10-5-6-20-14(10)13-8-17(9-16-13)12-4-2-3-11(7-12)15(18)19/h2-9H,1H3,(H,18,19). The zero-order valence-electron chi connectivity index (χ0n) is 10.8.